The van der Waals surface area contributed by atoms with Gasteiger partial charge in [0.1, 0.15) is 13.1 Å². The number of hydrogen-bond acceptors (Lipinski definition) is 4. The van der Waals surface area contributed by atoms with Gasteiger partial charge in [0, 0.05) is 12.6 Å². The lowest BCUT2D eigenvalue weighted by atomic mass is 10.4. The molecule has 20 heavy (non-hydrogen) atoms. The van der Waals surface area contributed by atoms with Gasteiger partial charge < -0.3 is 19.6 Å². The monoisotopic (exact) mass is 284 g/mol. The van der Waals surface area contributed by atoms with Crippen LogP contribution in [0.3, 0.4) is 0 Å². The third kappa shape index (κ3) is 4.91. The lowest BCUT2D eigenvalue weighted by molar-refractivity contribution is -0.144. The van der Waals surface area contributed by atoms with Crippen LogP contribution in [0.4, 0.5) is 4.79 Å². The fraction of sp³-hybridized carbons (Fsp3) is 0.615. The molecular formula is C13H20N2O5. The van der Waals surface area contributed by atoms with Crippen LogP contribution in [-0.2, 0) is 14.3 Å². The van der Waals surface area contributed by atoms with E-state index in [-0.39, 0.29) is 25.7 Å². The predicted molar refractivity (Wildman–Crippen MR) is 71.2 cm³/mol. The van der Waals surface area contributed by atoms with Crippen molar-refractivity contribution in [1.82, 2.24) is 9.80 Å². The Balaban J connectivity index is 2.72. The minimum Gasteiger partial charge on any atom is -0.480 e. The molecule has 1 N–H and O–H groups in total. The highest BCUT2D eigenvalue weighted by Crippen LogP contribution is 2.27. The van der Waals surface area contributed by atoms with Crippen molar-refractivity contribution in [1.29, 1.82) is 0 Å². The van der Waals surface area contributed by atoms with Gasteiger partial charge >= 0.3 is 18.0 Å². The number of urea groups is 1. The Morgan fingerprint density at radius 1 is 1.35 bits per heavy atom. The number of carbonyl (C=O) groups is 3. The molecule has 0 aromatic carbocycles. The summed E-state index contributed by atoms with van der Waals surface area (Å²) in [6.45, 7) is 4.99. The van der Waals surface area contributed by atoms with E-state index in [2.05, 4.69) is 6.58 Å². The van der Waals surface area contributed by atoms with Gasteiger partial charge in [0.15, 0.2) is 0 Å². The Labute approximate surface area is 117 Å². The molecule has 0 aromatic rings. The van der Waals surface area contributed by atoms with Crippen molar-refractivity contribution in [2.24, 2.45) is 0 Å². The molecule has 2 amide bonds. The van der Waals surface area contributed by atoms with Crippen LogP contribution in [0, 0.1) is 0 Å². The quantitative estimate of drug-likeness (QED) is 0.524. The molecule has 1 aliphatic carbocycles. The maximum atomic E-state index is 12.3. The number of esters is 1. The number of rotatable bonds is 8. The summed E-state index contributed by atoms with van der Waals surface area (Å²) < 4.78 is 4.83. The van der Waals surface area contributed by atoms with Crippen molar-refractivity contribution < 1.29 is 24.2 Å². The molecule has 1 saturated carbocycles. The van der Waals surface area contributed by atoms with Crippen LogP contribution in [0.2, 0.25) is 0 Å². The maximum absolute atomic E-state index is 12.3. The Bertz CT molecular complexity index is 392. The molecule has 0 spiro atoms. The fourth-order valence-electron chi connectivity index (χ4n) is 1.80. The average Bonchev–Trinajstić information content (AvgIpc) is 3.18. The molecule has 1 rings (SSSR count). The SMILES string of the molecule is C=CCN(CC(=O)O)C(=O)N(CC(=O)OCC)C1CC1. The smallest absolute Gasteiger partial charge is 0.325 e. The van der Waals surface area contributed by atoms with E-state index in [0.717, 1.165) is 17.7 Å². The predicted octanol–water partition coefficient (Wildman–Crippen LogP) is 0.706. The second kappa shape index (κ2) is 7.52. The zero-order valence-electron chi connectivity index (χ0n) is 11.6. The lowest BCUT2D eigenvalue weighted by Crippen LogP contribution is -2.48. The van der Waals surface area contributed by atoms with E-state index in [9.17, 15) is 14.4 Å². The minimum absolute atomic E-state index is 0.00647. The molecule has 0 heterocycles. The number of hydrogen-bond donors (Lipinski definition) is 1. The van der Waals surface area contributed by atoms with Gasteiger partial charge in [-0.2, -0.15) is 0 Å². The van der Waals surface area contributed by atoms with Crippen LogP contribution in [0.15, 0.2) is 12.7 Å². The van der Waals surface area contributed by atoms with Crippen LogP contribution in [0.25, 0.3) is 0 Å². The normalized spacial score (nSPS) is 13.4. The summed E-state index contributed by atoms with van der Waals surface area (Å²) in [6.07, 6.45) is 3.09. The van der Waals surface area contributed by atoms with Crippen molar-refractivity contribution in [3.63, 3.8) is 0 Å². The zero-order valence-corrected chi connectivity index (χ0v) is 11.6. The highest BCUT2D eigenvalue weighted by molar-refractivity contribution is 5.84. The first kappa shape index (κ1) is 16.0. The Morgan fingerprint density at radius 3 is 2.45 bits per heavy atom. The third-order valence-electron chi connectivity index (χ3n) is 2.78. The van der Waals surface area contributed by atoms with Crippen molar-refractivity contribution in [3.8, 4) is 0 Å². The minimum atomic E-state index is -1.10. The third-order valence-corrected chi connectivity index (χ3v) is 2.78. The fourth-order valence-corrected chi connectivity index (χ4v) is 1.80. The summed E-state index contributed by atoms with van der Waals surface area (Å²) in [7, 11) is 0. The van der Waals surface area contributed by atoms with Gasteiger partial charge in [0.2, 0.25) is 0 Å². The Kier molecular flexibility index (Phi) is 6.02. The number of carboxylic acids is 1. The molecule has 112 valence electrons. The molecule has 0 radical (unpaired) electrons. The molecule has 1 fully saturated rings. The van der Waals surface area contributed by atoms with Gasteiger partial charge in [-0.15, -0.1) is 6.58 Å². The van der Waals surface area contributed by atoms with Crippen molar-refractivity contribution in [3.05, 3.63) is 12.7 Å². The van der Waals surface area contributed by atoms with E-state index in [4.69, 9.17) is 9.84 Å². The van der Waals surface area contributed by atoms with Crippen molar-refractivity contribution >= 4 is 18.0 Å². The highest BCUT2D eigenvalue weighted by Gasteiger charge is 2.36. The first-order chi connectivity index (χ1) is 9.49. The first-order valence-electron chi connectivity index (χ1n) is 6.53. The largest absolute Gasteiger partial charge is 0.480 e. The highest BCUT2D eigenvalue weighted by atomic mass is 16.5. The number of aliphatic carboxylic acids is 1. The van der Waals surface area contributed by atoms with Crippen LogP contribution < -0.4 is 0 Å². The van der Waals surface area contributed by atoms with E-state index < -0.39 is 24.5 Å². The van der Waals surface area contributed by atoms with E-state index in [0.29, 0.717) is 0 Å². The van der Waals surface area contributed by atoms with Gasteiger partial charge in [-0.25, -0.2) is 4.79 Å². The maximum Gasteiger partial charge on any atom is 0.325 e. The number of nitrogens with zero attached hydrogens (tertiary/aromatic N) is 2. The second-order valence-corrected chi connectivity index (χ2v) is 4.51. The van der Waals surface area contributed by atoms with E-state index in [1.165, 1.54) is 11.0 Å². The molecule has 0 bridgehead atoms. The molecule has 0 aromatic heterocycles. The summed E-state index contributed by atoms with van der Waals surface area (Å²) in [6, 6.07) is -0.476. The Hall–Kier alpha value is -2.05. The summed E-state index contributed by atoms with van der Waals surface area (Å²) in [5.41, 5.74) is 0. The van der Waals surface area contributed by atoms with Crippen LogP contribution >= 0.6 is 0 Å². The van der Waals surface area contributed by atoms with E-state index in [1.54, 1.807) is 6.92 Å². The molecule has 7 heteroatoms. The molecule has 0 unspecified atom stereocenters. The number of carbonyl (C=O) groups excluding carboxylic acids is 2. The van der Waals surface area contributed by atoms with E-state index >= 15 is 0 Å². The van der Waals surface area contributed by atoms with E-state index in [1.807, 2.05) is 0 Å². The Morgan fingerprint density at radius 2 is 2.00 bits per heavy atom. The van der Waals surface area contributed by atoms with Crippen molar-refractivity contribution in [2.75, 3.05) is 26.2 Å². The number of carboxylic acid groups (broad SMARTS) is 1. The summed E-state index contributed by atoms with van der Waals surface area (Å²) in [5.74, 6) is -1.59. The average molecular weight is 284 g/mol. The van der Waals surface area contributed by atoms with Gasteiger partial charge in [0.25, 0.3) is 0 Å². The van der Waals surface area contributed by atoms with Crippen molar-refractivity contribution in [2.45, 2.75) is 25.8 Å². The molecule has 0 saturated heterocycles. The topological polar surface area (TPSA) is 87.2 Å². The molecule has 0 atom stereocenters. The zero-order chi connectivity index (χ0) is 15.1. The van der Waals surface area contributed by atoms with Crippen LogP contribution in [0.5, 0.6) is 0 Å². The molecule has 7 nitrogen and oxygen atoms in total. The lowest BCUT2D eigenvalue weighted by Gasteiger charge is -2.28. The van der Waals surface area contributed by atoms with Gasteiger partial charge in [0.05, 0.1) is 6.61 Å². The standard InChI is InChI=1S/C13H20N2O5/c1-3-7-14(8-11(16)17)13(19)15(10-5-6-10)9-12(18)20-4-2/h3,10H,1,4-9H2,2H3,(H,16,17). The molecule has 0 aliphatic heterocycles. The summed E-state index contributed by atoms with van der Waals surface area (Å²) in [5, 5.41) is 8.82. The number of amides is 2. The van der Waals surface area contributed by atoms with Crippen LogP contribution in [0.1, 0.15) is 19.8 Å². The van der Waals surface area contributed by atoms with Gasteiger partial charge in [-0.1, -0.05) is 6.08 Å². The summed E-state index contributed by atoms with van der Waals surface area (Å²) >= 11 is 0. The van der Waals surface area contributed by atoms with Crippen LogP contribution in [-0.4, -0.2) is 65.2 Å². The molecule has 1 aliphatic rings. The van der Waals surface area contributed by atoms with Gasteiger partial charge in [-0.3, -0.25) is 9.59 Å². The second-order valence-electron chi connectivity index (χ2n) is 4.51. The number of ether oxygens (including phenoxy) is 1. The summed E-state index contributed by atoms with van der Waals surface area (Å²) in [4.78, 5) is 37.2. The first-order valence-corrected chi connectivity index (χ1v) is 6.53. The molecular weight excluding hydrogens is 264 g/mol. The van der Waals surface area contributed by atoms with Gasteiger partial charge in [-0.05, 0) is 19.8 Å².